The molecule has 5 nitrogen and oxygen atoms in total. The Morgan fingerprint density at radius 2 is 2.22 bits per heavy atom. The maximum atomic E-state index is 11.3. The summed E-state index contributed by atoms with van der Waals surface area (Å²) in [6.07, 6.45) is 0.782. The van der Waals surface area contributed by atoms with Crippen LogP contribution in [0.2, 0.25) is 5.02 Å². The minimum Gasteiger partial charge on any atom is -0.478 e. The molecular formula is C12H12ClNO4. The fraction of sp³-hybridized carbons (Fsp3) is 0.167. The van der Waals surface area contributed by atoms with Crippen molar-refractivity contribution in [3.8, 4) is 0 Å². The molecule has 0 heterocycles. The number of ether oxygens (including phenoxy) is 1. The number of nitrogens with one attached hydrogen (secondary N) is 1. The van der Waals surface area contributed by atoms with Crippen molar-refractivity contribution in [2.45, 2.75) is 6.92 Å². The molecule has 0 aliphatic heterocycles. The fourth-order valence-corrected chi connectivity index (χ4v) is 1.51. The van der Waals surface area contributed by atoms with E-state index < -0.39 is 12.1 Å². The Hall–Kier alpha value is -2.01. The van der Waals surface area contributed by atoms with Crippen LogP contribution in [0.4, 0.5) is 10.5 Å². The fourth-order valence-electron chi connectivity index (χ4n) is 1.26. The first kappa shape index (κ1) is 14.1. The third-order valence-electron chi connectivity index (χ3n) is 2.11. The molecule has 0 unspecified atom stereocenters. The number of carboxylic acids is 1. The number of amides is 1. The summed E-state index contributed by atoms with van der Waals surface area (Å²) in [5, 5.41) is 11.4. The summed E-state index contributed by atoms with van der Waals surface area (Å²) in [5.41, 5.74) is 0.964. The number of aryl methyl sites for hydroxylation is 1. The van der Waals surface area contributed by atoms with Crippen LogP contribution in [-0.4, -0.2) is 23.8 Å². The molecule has 0 radical (unpaired) electrons. The summed E-state index contributed by atoms with van der Waals surface area (Å²) in [6.45, 7) is 5.16. The molecule has 0 saturated heterocycles. The van der Waals surface area contributed by atoms with Crippen molar-refractivity contribution < 1.29 is 19.4 Å². The number of aromatic carboxylic acids is 1. The van der Waals surface area contributed by atoms with Crippen LogP contribution in [0, 0.1) is 6.92 Å². The highest BCUT2D eigenvalue weighted by atomic mass is 35.5. The Labute approximate surface area is 109 Å². The molecule has 1 amide bonds. The summed E-state index contributed by atoms with van der Waals surface area (Å²) in [6, 6.07) is 2.75. The van der Waals surface area contributed by atoms with Crippen molar-refractivity contribution in [2.24, 2.45) is 0 Å². The molecule has 0 aliphatic carbocycles. The largest absolute Gasteiger partial charge is 0.478 e. The second kappa shape index (κ2) is 6.07. The predicted octanol–water partition coefficient (Wildman–Crippen LogP) is 3.08. The number of carbonyl (C=O) groups is 2. The van der Waals surface area contributed by atoms with Gasteiger partial charge in [-0.05, 0) is 24.6 Å². The number of halogens is 1. The molecule has 0 saturated carbocycles. The van der Waals surface area contributed by atoms with Gasteiger partial charge in [0.2, 0.25) is 0 Å². The molecule has 0 aliphatic rings. The lowest BCUT2D eigenvalue weighted by Gasteiger charge is -2.10. The van der Waals surface area contributed by atoms with E-state index in [0.29, 0.717) is 11.3 Å². The normalized spacial score (nSPS) is 9.67. The Kier molecular flexibility index (Phi) is 4.74. The standard InChI is InChI=1S/C12H12ClNO4/c1-3-4-18-12(17)14-10-6-9(13)8(11(15)16)5-7(10)2/h3,5-6H,1,4H2,2H3,(H,14,17)(H,15,16). The Morgan fingerprint density at radius 3 is 2.78 bits per heavy atom. The van der Waals surface area contributed by atoms with E-state index in [1.54, 1.807) is 6.92 Å². The topological polar surface area (TPSA) is 75.6 Å². The lowest BCUT2D eigenvalue weighted by molar-refractivity contribution is 0.0697. The number of hydrogen-bond donors (Lipinski definition) is 2. The zero-order valence-corrected chi connectivity index (χ0v) is 10.5. The predicted molar refractivity (Wildman–Crippen MR) is 68.3 cm³/mol. The Morgan fingerprint density at radius 1 is 1.56 bits per heavy atom. The highest BCUT2D eigenvalue weighted by Crippen LogP contribution is 2.25. The first-order valence-electron chi connectivity index (χ1n) is 5.03. The van der Waals surface area contributed by atoms with Gasteiger partial charge in [-0.25, -0.2) is 9.59 Å². The molecule has 18 heavy (non-hydrogen) atoms. The van der Waals surface area contributed by atoms with E-state index in [1.165, 1.54) is 18.2 Å². The average molecular weight is 270 g/mol. The summed E-state index contributed by atoms with van der Waals surface area (Å²) < 4.78 is 4.74. The van der Waals surface area contributed by atoms with Gasteiger partial charge >= 0.3 is 12.1 Å². The molecular weight excluding hydrogens is 258 g/mol. The second-order valence-corrected chi connectivity index (χ2v) is 3.87. The second-order valence-electron chi connectivity index (χ2n) is 3.46. The zero-order chi connectivity index (χ0) is 13.7. The average Bonchev–Trinajstić information content (AvgIpc) is 2.30. The van der Waals surface area contributed by atoms with Crippen LogP contribution in [0.25, 0.3) is 0 Å². The van der Waals surface area contributed by atoms with E-state index >= 15 is 0 Å². The van der Waals surface area contributed by atoms with E-state index in [0.717, 1.165) is 0 Å². The molecule has 6 heteroatoms. The van der Waals surface area contributed by atoms with Crippen LogP contribution >= 0.6 is 11.6 Å². The lowest BCUT2D eigenvalue weighted by atomic mass is 10.1. The summed E-state index contributed by atoms with van der Waals surface area (Å²) in [7, 11) is 0. The highest BCUT2D eigenvalue weighted by Gasteiger charge is 2.13. The van der Waals surface area contributed by atoms with E-state index in [-0.39, 0.29) is 17.2 Å². The maximum Gasteiger partial charge on any atom is 0.411 e. The summed E-state index contributed by atoms with van der Waals surface area (Å²) in [4.78, 5) is 22.2. The smallest absolute Gasteiger partial charge is 0.411 e. The molecule has 1 aromatic carbocycles. The van der Waals surface area contributed by atoms with Crippen molar-refractivity contribution >= 4 is 29.4 Å². The van der Waals surface area contributed by atoms with E-state index in [1.807, 2.05) is 0 Å². The van der Waals surface area contributed by atoms with Gasteiger partial charge in [-0.3, -0.25) is 5.32 Å². The molecule has 0 fully saturated rings. The SMILES string of the molecule is C=CCOC(=O)Nc1cc(Cl)c(C(=O)O)cc1C. The van der Waals surface area contributed by atoms with Gasteiger partial charge in [-0.15, -0.1) is 0 Å². The van der Waals surface area contributed by atoms with Crippen molar-refractivity contribution in [1.82, 2.24) is 0 Å². The lowest BCUT2D eigenvalue weighted by Crippen LogP contribution is -2.14. The van der Waals surface area contributed by atoms with E-state index in [9.17, 15) is 9.59 Å². The Bertz CT molecular complexity index is 499. The molecule has 0 spiro atoms. The Balaban J connectivity index is 2.91. The number of carbonyl (C=O) groups excluding carboxylic acids is 1. The molecule has 0 bridgehead atoms. The number of carboxylic acid groups (broad SMARTS) is 1. The minimum atomic E-state index is -1.12. The zero-order valence-electron chi connectivity index (χ0n) is 9.70. The maximum absolute atomic E-state index is 11.3. The highest BCUT2D eigenvalue weighted by molar-refractivity contribution is 6.33. The van der Waals surface area contributed by atoms with Gasteiger partial charge in [0.1, 0.15) is 6.61 Å². The van der Waals surface area contributed by atoms with E-state index in [4.69, 9.17) is 21.4 Å². The van der Waals surface area contributed by atoms with Crippen molar-refractivity contribution in [2.75, 3.05) is 11.9 Å². The quantitative estimate of drug-likeness (QED) is 0.824. The number of anilines is 1. The number of benzene rings is 1. The van der Waals surface area contributed by atoms with Gasteiger partial charge in [0.15, 0.2) is 0 Å². The van der Waals surface area contributed by atoms with Crippen LogP contribution in [0.15, 0.2) is 24.8 Å². The van der Waals surface area contributed by atoms with Crippen LogP contribution < -0.4 is 5.32 Å². The first-order chi connectivity index (χ1) is 8.45. The molecule has 1 aromatic rings. The third-order valence-corrected chi connectivity index (χ3v) is 2.43. The van der Waals surface area contributed by atoms with Crippen LogP contribution in [0.5, 0.6) is 0 Å². The molecule has 96 valence electrons. The van der Waals surface area contributed by atoms with E-state index in [2.05, 4.69) is 11.9 Å². The van der Waals surface area contributed by atoms with Crippen LogP contribution in [0.3, 0.4) is 0 Å². The van der Waals surface area contributed by atoms with Crippen molar-refractivity contribution in [3.05, 3.63) is 40.9 Å². The third kappa shape index (κ3) is 3.49. The van der Waals surface area contributed by atoms with Crippen LogP contribution in [-0.2, 0) is 4.74 Å². The van der Waals surface area contributed by atoms with Gasteiger partial charge in [-0.1, -0.05) is 24.3 Å². The van der Waals surface area contributed by atoms with Gasteiger partial charge in [0.25, 0.3) is 0 Å². The number of hydrogen-bond acceptors (Lipinski definition) is 3. The van der Waals surface area contributed by atoms with Crippen molar-refractivity contribution in [1.29, 1.82) is 0 Å². The summed E-state index contributed by atoms with van der Waals surface area (Å²) in [5.74, 6) is -1.12. The molecule has 0 atom stereocenters. The first-order valence-corrected chi connectivity index (χ1v) is 5.41. The van der Waals surface area contributed by atoms with Crippen LogP contribution in [0.1, 0.15) is 15.9 Å². The molecule has 1 rings (SSSR count). The van der Waals surface area contributed by atoms with Crippen molar-refractivity contribution in [3.63, 3.8) is 0 Å². The van der Waals surface area contributed by atoms with Gasteiger partial charge < -0.3 is 9.84 Å². The molecule has 0 aromatic heterocycles. The summed E-state index contributed by atoms with van der Waals surface area (Å²) >= 11 is 5.80. The van der Waals surface area contributed by atoms with Gasteiger partial charge in [0, 0.05) is 5.69 Å². The van der Waals surface area contributed by atoms with Gasteiger partial charge in [-0.2, -0.15) is 0 Å². The molecule has 2 N–H and O–H groups in total. The van der Waals surface area contributed by atoms with Gasteiger partial charge in [0.05, 0.1) is 10.6 Å². The minimum absolute atomic E-state index is 0.0147. The number of rotatable bonds is 4. The monoisotopic (exact) mass is 269 g/mol.